The van der Waals surface area contributed by atoms with Gasteiger partial charge < -0.3 is 20.3 Å². The zero-order valence-corrected chi connectivity index (χ0v) is 14.4. The van der Waals surface area contributed by atoms with Gasteiger partial charge in [0.2, 0.25) is 0 Å². The molecule has 0 aromatic heterocycles. The van der Waals surface area contributed by atoms with Crippen molar-refractivity contribution in [3.63, 3.8) is 0 Å². The van der Waals surface area contributed by atoms with Crippen molar-refractivity contribution >= 4 is 17.5 Å². The average molecular weight is 357 g/mol. The summed E-state index contributed by atoms with van der Waals surface area (Å²) < 4.78 is 44.4. The Hall–Kier alpha value is -2.12. The van der Waals surface area contributed by atoms with Crippen LogP contribution >= 0.6 is 0 Å². The third-order valence-electron chi connectivity index (χ3n) is 4.47. The number of piperazine rings is 1. The lowest BCUT2D eigenvalue weighted by atomic mass is 10.1. The van der Waals surface area contributed by atoms with Crippen molar-refractivity contribution in [2.75, 3.05) is 23.7 Å². The van der Waals surface area contributed by atoms with Crippen LogP contribution in [0.3, 0.4) is 0 Å². The number of carbonyl (C=O) groups is 1. The monoisotopic (exact) mass is 357 g/mol. The number of nitrogens with two attached hydrogens (primary N) is 1. The topological polar surface area (TPSA) is 58.8 Å². The van der Waals surface area contributed by atoms with Crippen LogP contribution in [0.25, 0.3) is 0 Å². The van der Waals surface area contributed by atoms with E-state index in [0.29, 0.717) is 18.8 Å². The number of hydrogen-bond acceptors (Lipinski definition) is 4. The molecule has 25 heavy (non-hydrogen) atoms. The molecule has 0 spiro atoms. The van der Waals surface area contributed by atoms with Crippen LogP contribution in [0.5, 0.6) is 0 Å². The number of anilines is 2. The number of alkyl halides is 3. The molecule has 1 aromatic rings. The molecule has 2 heterocycles. The van der Waals surface area contributed by atoms with Gasteiger partial charge in [-0.05, 0) is 45.4 Å². The van der Waals surface area contributed by atoms with Crippen LogP contribution in [0.15, 0.2) is 18.2 Å². The fourth-order valence-corrected chi connectivity index (χ4v) is 3.49. The van der Waals surface area contributed by atoms with Gasteiger partial charge in [0.25, 0.3) is 0 Å². The molecule has 2 N–H and O–H groups in total. The first-order valence-corrected chi connectivity index (χ1v) is 8.18. The molecule has 0 unspecified atom stereocenters. The summed E-state index contributed by atoms with van der Waals surface area (Å²) in [6.45, 7) is 6.32. The second-order valence-electron chi connectivity index (χ2n) is 7.64. The lowest BCUT2D eigenvalue weighted by Gasteiger charge is -2.36. The van der Waals surface area contributed by atoms with Gasteiger partial charge in [0.05, 0.1) is 11.6 Å². The van der Waals surface area contributed by atoms with Gasteiger partial charge in [-0.25, -0.2) is 4.79 Å². The van der Waals surface area contributed by atoms with Gasteiger partial charge in [-0.2, -0.15) is 13.2 Å². The second kappa shape index (κ2) is 5.71. The van der Waals surface area contributed by atoms with Crippen molar-refractivity contribution in [2.45, 2.75) is 51.1 Å². The molecule has 138 valence electrons. The zero-order valence-electron chi connectivity index (χ0n) is 14.4. The molecular formula is C17H22F3N3O2. The summed E-state index contributed by atoms with van der Waals surface area (Å²) in [6.07, 6.45) is -4.09. The Morgan fingerprint density at radius 3 is 2.36 bits per heavy atom. The van der Waals surface area contributed by atoms with Gasteiger partial charge in [0.1, 0.15) is 5.60 Å². The summed E-state index contributed by atoms with van der Waals surface area (Å²) in [6, 6.07) is 3.52. The highest BCUT2D eigenvalue weighted by Crippen LogP contribution is 2.39. The Kier molecular flexibility index (Phi) is 4.04. The number of rotatable bonds is 1. The molecule has 2 fully saturated rings. The predicted molar refractivity (Wildman–Crippen MR) is 88.3 cm³/mol. The fraction of sp³-hybridized carbons (Fsp3) is 0.588. The molecule has 2 aliphatic rings. The maximum atomic E-state index is 13.0. The number of nitrogen functional groups attached to an aromatic ring is 1. The second-order valence-corrected chi connectivity index (χ2v) is 7.64. The number of amides is 1. The molecule has 8 heteroatoms. The minimum absolute atomic E-state index is 0.0274. The summed E-state index contributed by atoms with van der Waals surface area (Å²) in [5, 5.41) is 0. The number of nitrogens with zero attached hydrogens (tertiary/aromatic N) is 2. The Labute approximate surface area is 144 Å². The van der Waals surface area contributed by atoms with Gasteiger partial charge >= 0.3 is 12.3 Å². The maximum Gasteiger partial charge on any atom is 0.416 e. The highest BCUT2D eigenvalue weighted by molar-refractivity contribution is 5.71. The molecule has 1 amide bonds. The summed E-state index contributed by atoms with van der Waals surface area (Å²) in [5.74, 6) is 0. The van der Waals surface area contributed by atoms with Crippen LogP contribution in [0.1, 0.15) is 32.8 Å². The van der Waals surface area contributed by atoms with E-state index < -0.39 is 17.3 Å². The minimum Gasteiger partial charge on any atom is -0.444 e. The first-order valence-electron chi connectivity index (χ1n) is 8.18. The molecule has 0 saturated carbocycles. The van der Waals surface area contributed by atoms with Gasteiger partial charge in [0, 0.05) is 30.5 Å². The first-order chi connectivity index (χ1) is 11.4. The Morgan fingerprint density at radius 2 is 1.84 bits per heavy atom. The molecule has 5 nitrogen and oxygen atoms in total. The molecule has 0 radical (unpaired) electrons. The predicted octanol–water partition coefficient (Wildman–Crippen LogP) is 3.49. The molecule has 3 rings (SSSR count). The third kappa shape index (κ3) is 3.62. The van der Waals surface area contributed by atoms with Crippen LogP contribution in [-0.4, -0.2) is 41.8 Å². The normalized spacial score (nSPS) is 23.3. The number of fused-ring (bicyclic) bond motifs is 2. The third-order valence-corrected chi connectivity index (χ3v) is 4.47. The zero-order chi connectivity index (χ0) is 18.6. The molecule has 2 aliphatic heterocycles. The highest BCUT2D eigenvalue weighted by atomic mass is 19.4. The van der Waals surface area contributed by atoms with Crippen molar-refractivity contribution in [3.8, 4) is 0 Å². The summed E-state index contributed by atoms with van der Waals surface area (Å²) in [7, 11) is 0. The molecule has 2 saturated heterocycles. The number of halogens is 3. The smallest absolute Gasteiger partial charge is 0.416 e. The summed E-state index contributed by atoms with van der Waals surface area (Å²) in [4.78, 5) is 15.8. The molecule has 2 bridgehead atoms. The first kappa shape index (κ1) is 17.7. The van der Waals surface area contributed by atoms with Crippen molar-refractivity contribution < 1.29 is 22.7 Å². The van der Waals surface area contributed by atoms with Gasteiger partial charge in [-0.3, -0.25) is 0 Å². The van der Waals surface area contributed by atoms with E-state index in [1.807, 2.05) is 4.90 Å². The van der Waals surface area contributed by atoms with E-state index in [-0.39, 0.29) is 23.9 Å². The Bertz CT molecular complexity index is 685. The van der Waals surface area contributed by atoms with E-state index in [2.05, 4.69) is 0 Å². The average Bonchev–Trinajstić information content (AvgIpc) is 3.03. The molecule has 1 aromatic carbocycles. The van der Waals surface area contributed by atoms with Crippen molar-refractivity contribution in [2.24, 2.45) is 0 Å². The fourth-order valence-electron chi connectivity index (χ4n) is 3.49. The maximum absolute atomic E-state index is 13.0. The Morgan fingerprint density at radius 1 is 1.16 bits per heavy atom. The van der Waals surface area contributed by atoms with Crippen LogP contribution < -0.4 is 10.6 Å². The number of ether oxygens (including phenoxy) is 1. The number of hydrogen-bond donors (Lipinski definition) is 1. The Balaban J connectivity index is 1.75. The SMILES string of the molecule is CC(C)(C)OC(=O)N1C[C@@H]2C[C@H]1CN2c1cc(N)cc(C(F)(F)F)c1. The van der Waals surface area contributed by atoms with Gasteiger partial charge in [0.15, 0.2) is 0 Å². The molecule has 2 atom stereocenters. The molecule has 0 aliphatic carbocycles. The number of carbonyl (C=O) groups excluding carboxylic acids is 1. The van der Waals surface area contributed by atoms with Gasteiger partial charge in [-0.15, -0.1) is 0 Å². The van der Waals surface area contributed by atoms with Crippen molar-refractivity contribution in [3.05, 3.63) is 23.8 Å². The quantitative estimate of drug-likeness (QED) is 0.782. The lowest BCUT2D eigenvalue weighted by molar-refractivity contribution is -0.137. The van der Waals surface area contributed by atoms with Crippen LogP contribution in [0, 0.1) is 0 Å². The minimum atomic E-state index is -4.44. The van der Waals surface area contributed by atoms with Crippen molar-refractivity contribution in [1.82, 2.24) is 4.90 Å². The molecular weight excluding hydrogens is 335 g/mol. The van der Waals surface area contributed by atoms with Crippen LogP contribution in [0.4, 0.5) is 29.3 Å². The summed E-state index contributed by atoms with van der Waals surface area (Å²) in [5.41, 5.74) is 4.85. The standard InChI is InChI=1S/C17H22F3N3O2/c1-16(2,3)25-15(24)23-9-13-7-14(23)8-22(13)12-5-10(17(18,19)20)4-11(21)6-12/h4-6,13-14H,7-9,21H2,1-3H3/t13-,14-/m0/s1. The number of benzene rings is 1. The van der Waals surface area contributed by atoms with Crippen molar-refractivity contribution in [1.29, 1.82) is 0 Å². The van der Waals surface area contributed by atoms with E-state index in [4.69, 9.17) is 10.5 Å². The highest BCUT2D eigenvalue weighted by Gasteiger charge is 2.47. The van der Waals surface area contributed by atoms with E-state index >= 15 is 0 Å². The number of likely N-dealkylation sites (tertiary alicyclic amines) is 1. The van der Waals surface area contributed by atoms with Gasteiger partial charge in [-0.1, -0.05) is 0 Å². The van der Waals surface area contributed by atoms with E-state index in [9.17, 15) is 18.0 Å². The van der Waals surface area contributed by atoms with Crippen LogP contribution in [0.2, 0.25) is 0 Å². The van der Waals surface area contributed by atoms with E-state index in [1.165, 1.54) is 0 Å². The van der Waals surface area contributed by atoms with E-state index in [0.717, 1.165) is 18.6 Å². The van der Waals surface area contributed by atoms with E-state index in [1.54, 1.807) is 31.7 Å². The lowest BCUT2D eigenvalue weighted by Crippen LogP contribution is -2.50. The largest absolute Gasteiger partial charge is 0.444 e. The van der Waals surface area contributed by atoms with Crippen LogP contribution in [-0.2, 0) is 10.9 Å². The summed E-state index contributed by atoms with van der Waals surface area (Å²) >= 11 is 0.